The van der Waals surface area contributed by atoms with Gasteiger partial charge in [0.1, 0.15) is 0 Å². The summed E-state index contributed by atoms with van der Waals surface area (Å²) >= 11 is 1.78. The molecule has 2 heterocycles. The minimum atomic E-state index is 0.594. The standard InChI is InChI=1S/C14H25N3S/c1-3-12-4-6-17(13(8-12)9-15)7-5-14-11(2)16-10-18-14/h10,12-13H,3-9,15H2,1-2H3. The van der Waals surface area contributed by atoms with Crippen LogP contribution in [0.2, 0.25) is 0 Å². The van der Waals surface area contributed by atoms with Crippen LogP contribution in [0.4, 0.5) is 0 Å². The summed E-state index contributed by atoms with van der Waals surface area (Å²) in [6.45, 7) is 7.57. The van der Waals surface area contributed by atoms with Gasteiger partial charge in [-0.3, -0.25) is 4.90 Å². The molecule has 3 nitrogen and oxygen atoms in total. The lowest BCUT2D eigenvalue weighted by Gasteiger charge is -2.38. The first kappa shape index (κ1) is 14.0. The number of thiazole rings is 1. The molecule has 1 saturated heterocycles. The molecule has 1 aromatic heterocycles. The molecule has 0 aliphatic carbocycles. The molecule has 18 heavy (non-hydrogen) atoms. The number of aryl methyl sites for hydroxylation is 1. The predicted octanol–water partition coefficient (Wildman–Crippen LogP) is 2.44. The lowest BCUT2D eigenvalue weighted by molar-refractivity contribution is 0.116. The van der Waals surface area contributed by atoms with E-state index in [2.05, 4.69) is 23.7 Å². The van der Waals surface area contributed by atoms with Crippen molar-refractivity contribution in [3.63, 3.8) is 0 Å². The fourth-order valence-electron chi connectivity index (χ4n) is 2.90. The van der Waals surface area contributed by atoms with Crippen LogP contribution in [0.1, 0.15) is 36.8 Å². The van der Waals surface area contributed by atoms with Crippen molar-refractivity contribution in [1.82, 2.24) is 9.88 Å². The van der Waals surface area contributed by atoms with E-state index in [9.17, 15) is 0 Å². The molecule has 0 saturated carbocycles. The molecular weight excluding hydrogens is 242 g/mol. The summed E-state index contributed by atoms with van der Waals surface area (Å²) in [5.41, 5.74) is 9.09. The molecule has 2 N–H and O–H groups in total. The van der Waals surface area contributed by atoms with Gasteiger partial charge in [0, 0.05) is 24.0 Å². The monoisotopic (exact) mass is 267 g/mol. The van der Waals surface area contributed by atoms with E-state index < -0.39 is 0 Å². The highest BCUT2D eigenvalue weighted by Crippen LogP contribution is 2.25. The Morgan fingerprint density at radius 1 is 1.56 bits per heavy atom. The summed E-state index contributed by atoms with van der Waals surface area (Å²) in [7, 11) is 0. The number of piperidine rings is 1. The van der Waals surface area contributed by atoms with Gasteiger partial charge in [-0.1, -0.05) is 13.3 Å². The summed E-state index contributed by atoms with van der Waals surface area (Å²) in [6, 6.07) is 0.594. The second-order valence-electron chi connectivity index (χ2n) is 5.34. The molecule has 1 fully saturated rings. The molecule has 1 aromatic rings. The molecule has 2 atom stereocenters. The van der Waals surface area contributed by atoms with Crippen molar-refractivity contribution in [3.8, 4) is 0 Å². The Morgan fingerprint density at radius 2 is 2.39 bits per heavy atom. The Morgan fingerprint density at radius 3 is 3.00 bits per heavy atom. The van der Waals surface area contributed by atoms with E-state index in [0.29, 0.717) is 6.04 Å². The molecule has 0 radical (unpaired) electrons. The van der Waals surface area contributed by atoms with Gasteiger partial charge in [0.25, 0.3) is 0 Å². The lowest BCUT2D eigenvalue weighted by atomic mass is 9.89. The summed E-state index contributed by atoms with van der Waals surface area (Å²) in [4.78, 5) is 8.34. The third-order valence-electron chi connectivity index (χ3n) is 4.27. The second-order valence-corrected chi connectivity index (χ2v) is 6.27. The molecule has 2 unspecified atom stereocenters. The molecular formula is C14H25N3S. The van der Waals surface area contributed by atoms with Gasteiger partial charge in [-0.05, 0) is 38.6 Å². The molecule has 0 spiro atoms. The molecule has 4 heteroatoms. The van der Waals surface area contributed by atoms with Crippen molar-refractivity contribution in [3.05, 3.63) is 16.1 Å². The Hall–Kier alpha value is -0.450. The third-order valence-corrected chi connectivity index (χ3v) is 5.26. The van der Waals surface area contributed by atoms with Crippen molar-refractivity contribution in [2.75, 3.05) is 19.6 Å². The van der Waals surface area contributed by atoms with Crippen molar-refractivity contribution in [1.29, 1.82) is 0 Å². The smallest absolute Gasteiger partial charge is 0.0797 e. The number of nitrogens with zero attached hydrogens (tertiary/aromatic N) is 2. The fourth-order valence-corrected chi connectivity index (χ4v) is 3.67. The largest absolute Gasteiger partial charge is 0.329 e. The maximum atomic E-state index is 5.94. The maximum absolute atomic E-state index is 5.94. The van der Waals surface area contributed by atoms with Gasteiger partial charge in [-0.15, -0.1) is 11.3 Å². The number of rotatable bonds is 5. The van der Waals surface area contributed by atoms with Gasteiger partial charge < -0.3 is 5.73 Å². The van der Waals surface area contributed by atoms with Gasteiger partial charge >= 0.3 is 0 Å². The van der Waals surface area contributed by atoms with E-state index in [1.807, 2.05) is 5.51 Å². The minimum absolute atomic E-state index is 0.594. The number of nitrogens with two attached hydrogens (primary N) is 1. The van der Waals surface area contributed by atoms with E-state index >= 15 is 0 Å². The predicted molar refractivity (Wildman–Crippen MR) is 78.0 cm³/mol. The Bertz CT molecular complexity index is 364. The molecule has 2 rings (SSSR count). The quantitative estimate of drug-likeness (QED) is 0.891. The van der Waals surface area contributed by atoms with Gasteiger partial charge in [0.15, 0.2) is 0 Å². The Kier molecular flexibility index (Phi) is 5.15. The number of hydrogen-bond donors (Lipinski definition) is 1. The van der Waals surface area contributed by atoms with Gasteiger partial charge in [-0.2, -0.15) is 0 Å². The summed E-state index contributed by atoms with van der Waals surface area (Å²) in [5.74, 6) is 0.889. The third kappa shape index (κ3) is 3.31. The van der Waals surface area contributed by atoms with E-state index in [1.54, 1.807) is 11.3 Å². The normalized spacial score (nSPS) is 25.5. The first-order chi connectivity index (χ1) is 8.74. The van der Waals surface area contributed by atoms with Crippen LogP contribution in [0.25, 0.3) is 0 Å². The van der Waals surface area contributed by atoms with Gasteiger partial charge in [0.2, 0.25) is 0 Å². The lowest BCUT2D eigenvalue weighted by Crippen LogP contribution is -2.47. The zero-order valence-electron chi connectivity index (χ0n) is 11.6. The van der Waals surface area contributed by atoms with E-state index in [-0.39, 0.29) is 0 Å². The van der Waals surface area contributed by atoms with Crippen LogP contribution in [0.15, 0.2) is 5.51 Å². The average molecular weight is 267 g/mol. The Labute approximate surface area is 114 Å². The SMILES string of the molecule is CCC1CCN(CCc2scnc2C)C(CN)C1. The highest BCUT2D eigenvalue weighted by atomic mass is 32.1. The summed E-state index contributed by atoms with van der Waals surface area (Å²) in [6.07, 6.45) is 5.06. The molecule has 1 aliphatic heterocycles. The van der Waals surface area contributed by atoms with Crippen LogP contribution in [0, 0.1) is 12.8 Å². The van der Waals surface area contributed by atoms with Crippen molar-refractivity contribution >= 4 is 11.3 Å². The topological polar surface area (TPSA) is 42.2 Å². The first-order valence-electron chi connectivity index (χ1n) is 7.07. The van der Waals surface area contributed by atoms with Crippen molar-refractivity contribution in [2.45, 2.75) is 45.6 Å². The van der Waals surface area contributed by atoms with Crippen LogP contribution in [0.5, 0.6) is 0 Å². The zero-order valence-corrected chi connectivity index (χ0v) is 12.4. The molecule has 102 valence electrons. The van der Waals surface area contributed by atoms with E-state index in [1.165, 1.54) is 36.4 Å². The first-order valence-corrected chi connectivity index (χ1v) is 7.95. The van der Waals surface area contributed by atoms with E-state index in [4.69, 9.17) is 5.73 Å². The van der Waals surface area contributed by atoms with Gasteiger partial charge in [0.05, 0.1) is 11.2 Å². The van der Waals surface area contributed by atoms with Crippen molar-refractivity contribution < 1.29 is 0 Å². The molecule has 0 aromatic carbocycles. The summed E-state index contributed by atoms with van der Waals surface area (Å²) in [5, 5.41) is 0. The maximum Gasteiger partial charge on any atom is 0.0797 e. The summed E-state index contributed by atoms with van der Waals surface area (Å²) < 4.78 is 0. The van der Waals surface area contributed by atoms with Crippen LogP contribution in [0.3, 0.4) is 0 Å². The van der Waals surface area contributed by atoms with Crippen LogP contribution >= 0.6 is 11.3 Å². The highest BCUT2D eigenvalue weighted by Gasteiger charge is 2.26. The fraction of sp³-hybridized carbons (Fsp3) is 0.786. The second kappa shape index (κ2) is 6.64. The van der Waals surface area contributed by atoms with Crippen molar-refractivity contribution in [2.24, 2.45) is 11.7 Å². The van der Waals surface area contributed by atoms with Gasteiger partial charge in [-0.25, -0.2) is 4.98 Å². The van der Waals surface area contributed by atoms with Crippen LogP contribution < -0.4 is 5.73 Å². The minimum Gasteiger partial charge on any atom is -0.329 e. The van der Waals surface area contributed by atoms with Crippen LogP contribution in [-0.4, -0.2) is 35.6 Å². The number of likely N-dealkylation sites (tertiary alicyclic amines) is 1. The Balaban J connectivity index is 1.87. The van der Waals surface area contributed by atoms with E-state index in [0.717, 1.165) is 25.4 Å². The average Bonchev–Trinajstić information content (AvgIpc) is 2.81. The zero-order chi connectivity index (χ0) is 13.0. The number of hydrogen-bond acceptors (Lipinski definition) is 4. The number of aromatic nitrogens is 1. The highest BCUT2D eigenvalue weighted by molar-refractivity contribution is 7.09. The molecule has 0 bridgehead atoms. The molecule has 0 amide bonds. The van der Waals surface area contributed by atoms with Crippen LogP contribution in [-0.2, 0) is 6.42 Å². The molecule has 1 aliphatic rings.